The Kier molecular flexibility index (Phi) is 3.22. The molecule has 0 saturated carbocycles. The number of aromatic hydroxyl groups is 2. The van der Waals surface area contributed by atoms with Crippen molar-refractivity contribution in [1.29, 1.82) is 0 Å². The maximum atomic E-state index is 11.8. The van der Waals surface area contributed by atoms with Crippen molar-refractivity contribution >= 4 is 22.6 Å². The zero-order chi connectivity index (χ0) is 16.8. The van der Waals surface area contributed by atoms with Crippen LogP contribution in [0.2, 0.25) is 5.02 Å². The van der Waals surface area contributed by atoms with Crippen molar-refractivity contribution < 1.29 is 14.6 Å². The van der Waals surface area contributed by atoms with E-state index >= 15 is 0 Å². The molecule has 2 N–H and O–H groups in total. The summed E-state index contributed by atoms with van der Waals surface area (Å²) in [6, 6.07) is 14.6. The third-order valence-electron chi connectivity index (χ3n) is 3.93. The van der Waals surface area contributed by atoms with Crippen LogP contribution < -0.4 is 5.43 Å². The SMILES string of the molecule is O=c1cc2oc3ccc(O)cc3c(-c3ccccc3Cl)c-2cc1O. The maximum Gasteiger partial charge on any atom is 0.223 e. The van der Waals surface area contributed by atoms with Gasteiger partial charge in [-0.2, -0.15) is 0 Å². The highest BCUT2D eigenvalue weighted by atomic mass is 35.5. The van der Waals surface area contributed by atoms with E-state index in [4.69, 9.17) is 16.0 Å². The van der Waals surface area contributed by atoms with Crippen molar-refractivity contribution in [3.63, 3.8) is 0 Å². The van der Waals surface area contributed by atoms with E-state index in [0.29, 0.717) is 38.4 Å². The monoisotopic (exact) mass is 338 g/mol. The van der Waals surface area contributed by atoms with Crippen LogP contribution in [0.25, 0.3) is 33.4 Å². The molecule has 24 heavy (non-hydrogen) atoms. The lowest BCUT2D eigenvalue weighted by molar-refractivity contribution is 0.469. The molecule has 2 aliphatic rings. The maximum absolute atomic E-state index is 11.8. The Hall–Kier alpha value is -2.98. The number of hydrogen-bond donors (Lipinski definition) is 2. The van der Waals surface area contributed by atoms with Gasteiger partial charge < -0.3 is 14.6 Å². The molecule has 0 spiro atoms. The van der Waals surface area contributed by atoms with Crippen molar-refractivity contribution in [3.05, 3.63) is 69.8 Å². The molecule has 0 amide bonds. The van der Waals surface area contributed by atoms with E-state index in [-0.39, 0.29) is 11.5 Å². The molecular formula is C19H11ClO4. The summed E-state index contributed by atoms with van der Waals surface area (Å²) in [7, 11) is 0. The zero-order valence-electron chi connectivity index (χ0n) is 12.3. The summed E-state index contributed by atoms with van der Waals surface area (Å²) in [4.78, 5) is 11.8. The van der Waals surface area contributed by atoms with Crippen molar-refractivity contribution in [2.45, 2.75) is 0 Å². The summed E-state index contributed by atoms with van der Waals surface area (Å²) in [6.45, 7) is 0. The van der Waals surface area contributed by atoms with Crippen molar-refractivity contribution in [2.24, 2.45) is 0 Å². The summed E-state index contributed by atoms with van der Waals surface area (Å²) in [5.74, 6) is 0.0476. The van der Waals surface area contributed by atoms with Crippen LogP contribution >= 0.6 is 11.6 Å². The standard InChI is InChI=1S/C19H11ClO4/c20-14-4-2-1-3-11(14)19-12-7-10(21)5-6-17(12)24-18-9-16(23)15(22)8-13(18)19/h1-9,21-22H. The first-order valence-electron chi connectivity index (χ1n) is 7.22. The summed E-state index contributed by atoms with van der Waals surface area (Å²) < 4.78 is 5.77. The fourth-order valence-corrected chi connectivity index (χ4v) is 3.08. The summed E-state index contributed by atoms with van der Waals surface area (Å²) in [5, 5.41) is 20.9. The van der Waals surface area contributed by atoms with Crippen LogP contribution in [-0.2, 0) is 0 Å². The van der Waals surface area contributed by atoms with Crippen LogP contribution in [0.4, 0.5) is 0 Å². The van der Waals surface area contributed by atoms with Gasteiger partial charge in [-0.05, 0) is 30.3 Å². The van der Waals surface area contributed by atoms with Crippen molar-refractivity contribution in [1.82, 2.24) is 0 Å². The number of phenols is 2. The van der Waals surface area contributed by atoms with Crippen LogP contribution in [0.3, 0.4) is 0 Å². The first kappa shape index (κ1) is 14.6. The fourth-order valence-electron chi connectivity index (χ4n) is 2.85. The summed E-state index contributed by atoms with van der Waals surface area (Å²) in [6.07, 6.45) is 0. The van der Waals surface area contributed by atoms with E-state index in [0.717, 1.165) is 0 Å². The summed E-state index contributed by atoms with van der Waals surface area (Å²) in [5.41, 5.74) is 1.92. The van der Waals surface area contributed by atoms with E-state index in [1.165, 1.54) is 18.2 Å². The minimum atomic E-state index is -0.519. The normalized spacial score (nSPS) is 11.2. The average Bonchev–Trinajstić information content (AvgIpc) is 2.55. The second-order valence-corrected chi connectivity index (χ2v) is 5.86. The quantitative estimate of drug-likeness (QED) is 0.496. The van der Waals surface area contributed by atoms with E-state index in [1.807, 2.05) is 18.2 Å². The highest BCUT2D eigenvalue weighted by Crippen LogP contribution is 2.43. The Morgan fingerprint density at radius 1 is 0.917 bits per heavy atom. The molecule has 1 aliphatic heterocycles. The Labute approximate surface area is 141 Å². The highest BCUT2D eigenvalue weighted by Gasteiger charge is 2.20. The second kappa shape index (κ2) is 5.28. The van der Waals surface area contributed by atoms with Crippen LogP contribution in [0.15, 0.2) is 63.8 Å². The first-order valence-corrected chi connectivity index (χ1v) is 7.60. The number of phenolic OH excluding ortho intramolecular Hbond substituents is 2. The Bertz CT molecular complexity index is 1110. The van der Waals surface area contributed by atoms with Crippen LogP contribution in [0.5, 0.6) is 11.5 Å². The van der Waals surface area contributed by atoms with Gasteiger partial charge in [0.05, 0.1) is 0 Å². The van der Waals surface area contributed by atoms with E-state index in [1.54, 1.807) is 18.2 Å². The lowest BCUT2D eigenvalue weighted by Gasteiger charge is -2.16. The molecular weight excluding hydrogens is 328 g/mol. The van der Waals surface area contributed by atoms with Gasteiger partial charge >= 0.3 is 0 Å². The van der Waals surface area contributed by atoms with E-state index < -0.39 is 5.43 Å². The molecule has 0 saturated heterocycles. The molecule has 1 heterocycles. The average molecular weight is 339 g/mol. The molecule has 0 atom stereocenters. The van der Waals surface area contributed by atoms with Gasteiger partial charge in [0.25, 0.3) is 0 Å². The first-order chi connectivity index (χ1) is 11.5. The topological polar surface area (TPSA) is 70.7 Å². The van der Waals surface area contributed by atoms with Crippen molar-refractivity contribution in [2.75, 3.05) is 0 Å². The minimum absolute atomic E-state index is 0.0787. The van der Waals surface area contributed by atoms with E-state index in [9.17, 15) is 15.0 Å². The Morgan fingerprint density at radius 2 is 1.71 bits per heavy atom. The van der Waals surface area contributed by atoms with E-state index in [2.05, 4.69) is 0 Å². The Balaban J connectivity index is 2.26. The van der Waals surface area contributed by atoms with Crippen LogP contribution in [0, 0.1) is 0 Å². The van der Waals surface area contributed by atoms with Gasteiger partial charge in [-0.1, -0.05) is 29.8 Å². The van der Waals surface area contributed by atoms with Gasteiger partial charge in [-0.15, -0.1) is 0 Å². The highest BCUT2D eigenvalue weighted by molar-refractivity contribution is 6.34. The predicted octanol–water partition coefficient (Wildman–Crippen LogP) is 4.63. The summed E-state index contributed by atoms with van der Waals surface area (Å²) >= 11 is 6.35. The number of fused-ring (bicyclic) bond motifs is 2. The molecule has 1 aliphatic carbocycles. The molecule has 0 aromatic heterocycles. The van der Waals surface area contributed by atoms with Crippen LogP contribution in [0.1, 0.15) is 0 Å². The van der Waals surface area contributed by atoms with Crippen LogP contribution in [-0.4, -0.2) is 10.2 Å². The molecule has 5 heteroatoms. The number of hydrogen-bond acceptors (Lipinski definition) is 4. The zero-order valence-corrected chi connectivity index (χ0v) is 13.0. The predicted molar refractivity (Wildman–Crippen MR) is 92.9 cm³/mol. The fraction of sp³-hybridized carbons (Fsp3) is 0. The number of rotatable bonds is 1. The second-order valence-electron chi connectivity index (χ2n) is 5.45. The van der Waals surface area contributed by atoms with Gasteiger partial charge in [-0.25, -0.2) is 0 Å². The molecule has 0 fully saturated rings. The largest absolute Gasteiger partial charge is 0.508 e. The molecule has 0 bridgehead atoms. The lowest BCUT2D eigenvalue weighted by atomic mass is 9.93. The molecule has 118 valence electrons. The van der Waals surface area contributed by atoms with Gasteiger partial charge in [0.15, 0.2) is 5.75 Å². The smallest absolute Gasteiger partial charge is 0.223 e. The van der Waals surface area contributed by atoms with Gasteiger partial charge in [0.2, 0.25) is 5.43 Å². The molecule has 0 unspecified atom stereocenters. The molecule has 4 nitrogen and oxygen atoms in total. The lowest BCUT2D eigenvalue weighted by Crippen LogP contribution is -2.01. The van der Waals surface area contributed by atoms with Crippen molar-refractivity contribution in [3.8, 4) is 33.9 Å². The Morgan fingerprint density at radius 3 is 2.50 bits per heavy atom. The molecule has 2 aromatic rings. The third-order valence-corrected chi connectivity index (χ3v) is 4.26. The van der Waals surface area contributed by atoms with Gasteiger partial charge in [0.1, 0.15) is 17.1 Å². The molecule has 4 rings (SSSR count). The van der Waals surface area contributed by atoms with Gasteiger partial charge in [-0.3, -0.25) is 4.79 Å². The van der Waals surface area contributed by atoms with Gasteiger partial charge in [0, 0.05) is 33.2 Å². The molecule has 0 radical (unpaired) electrons. The number of benzene rings is 3. The molecule has 2 aromatic carbocycles. The third kappa shape index (κ3) is 2.20. The minimum Gasteiger partial charge on any atom is -0.508 e. The number of halogens is 1.